The van der Waals surface area contributed by atoms with Gasteiger partial charge < -0.3 is 15.4 Å². The second-order valence-corrected chi connectivity index (χ2v) is 5.15. The number of ether oxygens (including phenoxy) is 1. The number of rotatable bonds is 8. The van der Waals surface area contributed by atoms with Crippen LogP contribution in [0.2, 0.25) is 0 Å². The third kappa shape index (κ3) is 4.66. The Labute approximate surface area is 117 Å². The van der Waals surface area contributed by atoms with Crippen LogP contribution in [0.1, 0.15) is 47.0 Å². The molecule has 0 unspecified atom stereocenters. The lowest BCUT2D eigenvalue weighted by molar-refractivity contribution is 0.342. The van der Waals surface area contributed by atoms with E-state index in [1.165, 1.54) is 24.9 Å². The lowest BCUT2D eigenvalue weighted by Gasteiger charge is -2.29. The van der Waals surface area contributed by atoms with Crippen molar-refractivity contribution in [3.05, 3.63) is 18.2 Å². The Morgan fingerprint density at radius 2 is 1.95 bits per heavy atom. The molecule has 3 heteroatoms. The number of unbranched alkanes of at least 4 members (excludes halogenated alkanes) is 2. The van der Waals surface area contributed by atoms with Gasteiger partial charge in [0, 0.05) is 24.3 Å². The molecule has 108 valence electrons. The van der Waals surface area contributed by atoms with Crippen LogP contribution in [0, 0.1) is 0 Å². The van der Waals surface area contributed by atoms with E-state index in [0.717, 1.165) is 12.3 Å². The van der Waals surface area contributed by atoms with Gasteiger partial charge in [0.25, 0.3) is 0 Å². The predicted octanol–water partition coefficient (Wildman–Crippen LogP) is 4.07. The maximum absolute atomic E-state index is 5.93. The summed E-state index contributed by atoms with van der Waals surface area (Å²) in [5, 5.41) is 0. The molecule has 0 spiro atoms. The number of nitrogens with two attached hydrogens (primary N) is 1. The molecule has 0 aliphatic rings. The van der Waals surface area contributed by atoms with E-state index in [0.29, 0.717) is 18.3 Å². The molecular formula is C16H28N2O. The summed E-state index contributed by atoms with van der Waals surface area (Å²) in [7, 11) is 0. The van der Waals surface area contributed by atoms with Gasteiger partial charge in [-0.1, -0.05) is 19.8 Å². The maximum Gasteiger partial charge on any atom is 0.144 e. The molecule has 0 radical (unpaired) electrons. The minimum absolute atomic E-state index is 0.481. The van der Waals surface area contributed by atoms with Crippen molar-refractivity contribution in [1.29, 1.82) is 0 Å². The van der Waals surface area contributed by atoms with Crippen molar-refractivity contribution in [2.24, 2.45) is 0 Å². The molecule has 0 amide bonds. The van der Waals surface area contributed by atoms with Crippen molar-refractivity contribution in [2.45, 2.75) is 53.0 Å². The molecule has 0 aliphatic heterocycles. The van der Waals surface area contributed by atoms with Crippen molar-refractivity contribution in [2.75, 3.05) is 23.8 Å². The SMILES string of the molecule is CCCCCN(c1ccc(N)c(OCC)c1)C(C)C. The first-order valence-corrected chi connectivity index (χ1v) is 7.39. The van der Waals surface area contributed by atoms with Crippen molar-refractivity contribution in [1.82, 2.24) is 0 Å². The van der Waals surface area contributed by atoms with Crippen LogP contribution in [-0.2, 0) is 0 Å². The predicted molar refractivity (Wildman–Crippen MR) is 84.0 cm³/mol. The number of benzene rings is 1. The number of nitrogens with zero attached hydrogens (tertiary/aromatic N) is 1. The van der Waals surface area contributed by atoms with Gasteiger partial charge in [0.15, 0.2) is 0 Å². The number of anilines is 2. The molecule has 1 rings (SSSR count). The maximum atomic E-state index is 5.93. The first-order chi connectivity index (χ1) is 9.10. The molecule has 19 heavy (non-hydrogen) atoms. The normalized spacial score (nSPS) is 10.8. The van der Waals surface area contributed by atoms with E-state index in [-0.39, 0.29) is 0 Å². The van der Waals surface area contributed by atoms with Crippen LogP contribution in [0.3, 0.4) is 0 Å². The Bertz CT molecular complexity index is 377. The van der Waals surface area contributed by atoms with Gasteiger partial charge >= 0.3 is 0 Å². The zero-order valence-electron chi connectivity index (χ0n) is 12.8. The fourth-order valence-electron chi connectivity index (χ4n) is 2.20. The van der Waals surface area contributed by atoms with Crippen LogP contribution < -0.4 is 15.4 Å². The van der Waals surface area contributed by atoms with Crippen molar-refractivity contribution in [3.8, 4) is 5.75 Å². The van der Waals surface area contributed by atoms with Gasteiger partial charge in [0.1, 0.15) is 5.75 Å². The summed E-state index contributed by atoms with van der Waals surface area (Å²) in [5.74, 6) is 0.793. The highest BCUT2D eigenvalue weighted by Crippen LogP contribution is 2.29. The van der Waals surface area contributed by atoms with Crippen LogP contribution in [0.25, 0.3) is 0 Å². The van der Waals surface area contributed by atoms with Crippen LogP contribution in [-0.4, -0.2) is 19.2 Å². The summed E-state index contributed by atoms with van der Waals surface area (Å²) in [6.07, 6.45) is 3.75. The van der Waals surface area contributed by atoms with Gasteiger partial charge in [0.2, 0.25) is 0 Å². The Kier molecular flexibility index (Phi) is 6.54. The molecule has 0 saturated carbocycles. The van der Waals surface area contributed by atoms with E-state index >= 15 is 0 Å². The number of hydrogen-bond donors (Lipinski definition) is 1. The Balaban J connectivity index is 2.86. The minimum Gasteiger partial charge on any atom is -0.492 e. The molecule has 0 atom stereocenters. The first kappa shape index (κ1) is 15.7. The van der Waals surface area contributed by atoms with E-state index in [2.05, 4.69) is 37.8 Å². The third-order valence-electron chi connectivity index (χ3n) is 3.25. The molecule has 0 aromatic heterocycles. The molecule has 0 fully saturated rings. The number of nitrogen functional groups attached to an aromatic ring is 1. The standard InChI is InChI=1S/C16H28N2O/c1-5-7-8-11-18(13(3)4)14-9-10-15(17)16(12-14)19-6-2/h9-10,12-13H,5-8,11,17H2,1-4H3. The summed E-state index contributed by atoms with van der Waals surface area (Å²) < 4.78 is 5.58. The van der Waals surface area contributed by atoms with Gasteiger partial charge in [0.05, 0.1) is 12.3 Å². The van der Waals surface area contributed by atoms with E-state index < -0.39 is 0 Å². The largest absolute Gasteiger partial charge is 0.492 e. The Morgan fingerprint density at radius 3 is 2.53 bits per heavy atom. The molecular weight excluding hydrogens is 236 g/mol. The van der Waals surface area contributed by atoms with Crippen molar-refractivity contribution >= 4 is 11.4 Å². The molecule has 2 N–H and O–H groups in total. The third-order valence-corrected chi connectivity index (χ3v) is 3.25. The van der Waals surface area contributed by atoms with Gasteiger partial charge in [-0.05, 0) is 39.3 Å². The average molecular weight is 264 g/mol. The summed E-state index contributed by atoms with van der Waals surface area (Å²) in [5.41, 5.74) is 7.84. The van der Waals surface area contributed by atoms with Crippen molar-refractivity contribution < 1.29 is 4.74 Å². The topological polar surface area (TPSA) is 38.5 Å². The fourth-order valence-corrected chi connectivity index (χ4v) is 2.20. The molecule has 3 nitrogen and oxygen atoms in total. The van der Waals surface area contributed by atoms with E-state index in [1.54, 1.807) is 0 Å². The monoisotopic (exact) mass is 264 g/mol. The summed E-state index contributed by atoms with van der Waals surface area (Å²) in [6, 6.07) is 6.57. The number of hydrogen-bond acceptors (Lipinski definition) is 3. The van der Waals surface area contributed by atoms with E-state index in [1.807, 2.05) is 13.0 Å². The van der Waals surface area contributed by atoms with Crippen LogP contribution >= 0.6 is 0 Å². The minimum atomic E-state index is 0.481. The van der Waals surface area contributed by atoms with Gasteiger partial charge in [-0.15, -0.1) is 0 Å². The summed E-state index contributed by atoms with van der Waals surface area (Å²) in [6.45, 7) is 10.4. The first-order valence-electron chi connectivity index (χ1n) is 7.39. The Hall–Kier alpha value is -1.38. The smallest absolute Gasteiger partial charge is 0.144 e. The van der Waals surface area contributed by atoms with E-state index in [4.69, 9.17) is 10.5 Å². The van der Waals surface area contributed by atoms with Crippen molar-refractivity contribution in [3.63, 3.8) is 0 Å². The zero-order valence-corrected chi connectivity index (χ0v) is 12.8. The Morgan fingerprint density at radius 1 is 1.21 bits per heavy atom. The second kappa shape index (κ2) is 7.93. The average Bonchev–Trinajstić information content (AvgIpc) is 2.37. The second-order valence-electron chi connectivity index (χ2n) is 5.15. The van der Waals surface area contributed by atoms with Crippen LogP contribution in [0.5, 0.6) is 5.75 Å². The highest BCUT2D eigenvalue weighted by atomic mass is 16.5. The quantitative estimate of drug-likeness (QED) is 0.568. The lowest BCUT2D eigenvalue weighted by atomic mass is 10.1. The molecule has 0 bridgehead atoms. The molecule has 0 saturated heterocycles. The molecule has 0 heterocycles. The molecule has 0 aliphatic carbocycles. The highest BCUT2D eigenvalue weighted by Gasteiger charge is 2.12. The van der Waals surface area contributed by atoms with Crippen LogP contribution in [0.15, 0.2) is 18.2 Å². The van der Waals surface area contributed by atoms with Gasteiger partial charge in [-0.25, -0.2) is 0 Å². The zero-order chi connectivity index (χ0) is 14.3. The summed E-state index contributed by atoms with van der Waals surface area (Å²) >= 11 is 0. The van der Waals surface area contributed by atoms with Gasteiger partial charge in [-0.3, -0.25) is 0 Å². The van der Waals surface area contributed by atoms with Gasteiger partial charge in [-0.2, -0.15) is 0 Å². The molecule has 1 aromatic carbocycles. The summed E-state index contributed by atoms with van der Waals surface area (Å²) in [4.78, 5) is 2.41. The van der Waals surface area contributed by atoms with E-state index in [9.17, 15) is 0 Å². The highest BCUT2D eigenvalue weighted by molar-refractivity contribution is 5.62. The van der Waals surface area contributed by atoms with Crippen LogP contribution in [0.4, 0.5) is 11.4 Å². The molecule has 1 aromatic rings. The fraction of sp³-hybridized carbons (Fsp3) is 0.625. The lowest BCUT2D eigenvalue weighted by Crippen LogP contribution is -2.31.